The lowest BCUT2D eigenvalue weighted by Gasteiger charge is -1.97. The standard InChI is InChI=1S/C6H9BrO2/c1-3-6(7)4-9-5(2)8/h3H,4H2,1-2H3/b6-3-. The maximum absolute atomic E-state index is 10.2. The molecule has 0 spiro atoms. The van der Waals surface area contributed by atoms with E-state index >= 15 is 0 Å². The minimum atomic E-state index is -0.256. The van der Waals surface area contributed by atoms with Crippen molar-refractivity contribution >= 4 is 21.9 Å². The van der Waals surface area contributed by atoms with E-state index in [1.54, 1.807) is 0 Å². The third-order valence-corrected chi connectivity index (χ3v) is 1.41. The van der Waals surface area contributed by atoms with Crippen LogP contribution >= 0.6 is 15.9 Å². The summed E-state index contributed by atoms with van der Waals surface area (Å²) in [5.74, 6) is -0.256. The fraction of sp³-hybridized carbons (Fsp3) is 0.500. The highest BCUT2D eigenvalue weighted by molar-refractivity contribution is 9.11. The van der Waals surface area contributed by atoms with Gasteiger partial charge in [0, 0.05) is 11.4 Å². The molecule has 2 nitrogen and oxygen atoms in total. The van der Waals surface area contributed by atoms with Crippen LogP contribution in [-0.4, -0.2) is 12.6 Å². The van der Waals surface area contributed by atoms with Gasteiger partial charge in [-0.1, -0.05) is 22.0 Å². The molecule has 0 aromatic heterocycles. The molecule has 0 heterocycles. The molecule has 0 aliphatic carbocycles. The minimum absolute atomic E-state index is 0.256. The molecular weight excluding hydrogens is 184 g/mol. The first-order valence-corrected chi connectivity index (χ1v) is 3.40. The van der Waals surface area contributed by atoms with Crippen molar-refractivity contribution in [3.63, 3.8) is 0 Å². The van der Waals surface area contributed by atoms with Crippen molar-refractivity contribution in [1.29, 1.82) is 0 Å². The van der Waals surface area contributed by atoms with E-state index < -0.39 is 0 Å². The van der Waals surface area contributed by atoms with Gasteiger partial charge in [-0.15, -0.1) is 0 Å². The second-order valence-electron chi connectivity index (χ2n) is 1.52. The van der Waals surface area contributed by atoms with Gasteiger partial charge in [-0.25, -0.2) is 0 Å². The molecule has 0 atom stereocenters. The van der Waals surface area contributed by atoms with Crippen molar-refractivity contribution in [2.75, 3.05) is 6.61 Å². The Hall–Kier alpha value is -0.310. The van der Waals surface area contributed by atoms with Crippen molar-refractivity contribution in [1.82, 2.24) is 0 Å². The Morgan fingerprint density at radius 2 is 2.33 bits per heavy atom. The lowest BCUT2D eigenvalue weighted by molar-refractivity contribution is -0.139. The first-order valence-electron chi connectivity index (χ1n) is 2.61. The van der Waals surface area contributed by atoms with Crippen LogP contribution in [0.25, 0.3) is 0 Å². The van der Waals surface area contributed by atoms with Crippen LogP contribution in [0.15, 0.2) is 10.6 Å². The van der Waals surface area contributed by atoms with Gasteiger partial charge in [0.1, 0.15) is 6.61 Å². The van der Waals surface area contributed by atoms with Crippen LogP contribution in [-0.2, 0) is 9.53 Å². The van der Waals surface area contributed by atoms with Gasteiger partial charge < -0.3 is 4.74 Å². The fourth-order valence-corrected chi connectivity index (χ4v) is 0.368. The summed E-state index contributed by atoms with van der Waals surface area (Å²) in [4.78, 5) is 10.2. The van der Waals surface area contributed by atoms with Gasteiger partial charge in [-0.3, -0.25) is 4.79 Å². The minimum Gasteiger partial charge on any atom is -0.460 e. The van der Waals surface area contributed by atoms with Gasteiger partial charge in [0.05, 0.1) is 0 Å². The van der Waals surface area contributed by atoms with Crippen molar-refractivity contribution in [3.05, 3.63) is 10.6 Å². The molecule has 0 aliphatic heterocycles. The number of carbonyl (C=O) groups excluding carboxylic acids is 1. The summed E-state index contributed by atoms with van der Waals surface area (Å²) in [5.41, 5.74) is 0. The van der Waals surface area contributed by atoms with E-state index in [0.717, 1.165) is 4.48 Å². The molecule has 0 aliphatic rings. The average molecular weight is 193 g/mol. The van der Waals surface area contributed by atoms with Crippen LogP contribution in [0.3, 0.4) is 0 Å². The van der Waals surface area contributed by atoms with Crippen molar-refractivity contribution in [2.24, 2.45) is 0 Å². The summed E-state index contributed by atoms with van der Waals surface area (Å²) in [6, 6.07) is 0. The van der Waals surface area contributed by atoms with Crippen molar-refractivity contribution in [2.45, 2.75) is 13.8 Å². The predicted octanol–water partition coefficient (Wildman–Crippen LogP) is 1.85. The van der Waals surface area contributed by atoms with Crippen LogP contribution in [0.4, 0.5) is 0 Å². The molecule has 0 N–H and O–H groups in total. The highest BCUT2D eigenvalue weighted by Gasteiger charge is 1.92. The molecule has 0 bridgehead atoms. The van der Waals surface area contributed by atoms with Gasteiger partial charge in [-0.2, -0.15) is 0 Å². The average Bonchev–Trinajstić information content (AvgIpc) is 1.83. The van der Waals surface area contributed by atoms with E-state index in [0.29, 0.717) is 6.61 Å². The largest absolute Gasteiger partial charge is 0.460 e. The predicted molar refractivity (Wildman–Crippen MR) is 39.3 cm³/mol. The molecule has 3 heteroatoms. The van der Waals surface area contributed by atoms with E-state index in [1.807, 2.05) is 13.0 Å². The Morgan fingerprint density at radius 3 is 2.67 bits per heavy atom. The van der Waals surface area contributed by atoms with Crippen LogP contribution in [0.1, 0.15) is 13.8 Å². The van der Waals surface area contributed by atoms with E-state index in [9.17, 15) is 4.79 Å². The van der Waals surface area contributed by atoms with Gasteiger partial charge >= 0.3 is 5.97 Å². The topological polar surface area (TPSA) is 26.3 Å². The summed E-state index contributed by atoms with van der Waals surface area (Å²) in [6.07, 6.45) is 1.84. The van der Waals surface area contributed by atoms with Crippen LogP contribution in [0.5, 0.6) is 0 Å². The number of ether oxygens (including phenoxy) is 1. The van der Waals surface area contributed by atoms with E-state index in [4.69, 9.17) is 0 Å². The number of carbonyl (C=O) groups is 1. The quantitative estimate of drug-likeness (QED) is 0.625. The van der Waals surface area contributed by atoms with E-state index in [2.05, 4.69) is 20.7 Å². The van der Waals surface area contributed by atoms with Crippen LogP contribution in [0, 0.1) is 0 Å². The van der Waals surface area contributed by atoms with Crippen LogP contribution in [0.2, 0.25) is 0 Å². The fourth-order valence-electron chi connectivity index (χ4n) is 0.254. The third-order valence-electron chi connectivity index (χ3n) is 0.727. The van der Waals surface area contributed by atoms with Crippen molar-refractivity contribution < 1.29 is 9.53 Å². The Morgan fingerprint density at radius 1 is 1.78 bits per heavy atom. The molecule has 0 aromatic carbocycles. The number of hydrogen-bond acceptors (Lipinski definition) is 2. The first-order chi connectivity index (χ1) is 4.16. The Kier molecular flexibility index (Phi) is 4.40. The molecule has 52 valence electrons. The number of hydrogen-bond donors (Lipinski definition) is 0. The lowest BCUT2D eigenvalue weighted by Crippen LogP contribution is -1.99. The second kappa shape index (κ2) is 4.56. The first kappa shape index (κ1) is 8.69. The monoisotopic (exact) mass is 192 g/mol. The Labute approximate surface area is 63.0 Å². The summed E-state index contributed by atoms with van der Waals surface area (Å²) in [7, 11) is 0. The van der Waals surface area contributed by atoms with E-state index in [1.165, 1.54) is 6.92 Å². The van der Waals surface area contributed by atoms with Crippen LogP contribution < -0.4 is 0 Å². The molecular formula is C6H9BrO2. The zero-order valence-corrected chi connectivity index (χ0v) is 7.06. The molecule has 0 aromatic rings. The molecule has 0 saturated heterocycles. The molecule has 0 unspecified atom stereocenters. The van der Waals surface area contributed by atoms with Crippen molar-refractivity contribution in [3.8, 4) is 0 Å². The lowest BCUT2D eigenvalue weighted by atomic mass is 10.5. The number of esters is 1. The summed E-state index contributed by atoms with van der Waals surface area (Å²) in [5, 5.41) is 0. The summed E-state index contributed by atoms with van der Waals surface area (Å²) >= 11 is 3.19. The third kappa shape index (κ3) is 5.56. The number of allylic oxidation sites excluding steroid dienone is 1. The Bertz CT molecular complexity index is 129. The van der Waals surface area contributed by atoms with Gasteiger partial charge in [0.15, 0.2) is 0 Å². The molecule has 9 heavy (non-hydrogen) atoms. The molecule has 0 amide bonds. The zero-order chi connectivity index (χ0) is 7.28. The van der Waals surface area contributed by atoms with Gasteiger partial charge in [0.2, 0.25) is 0 Å². The zero-order valence-electron chi connectivity index (χ0n) is 5.48. The maximum atomic E-state index is 10.2. The summed E-state index contributed by atoms with van der Waals surface area (Å²) in [6.45, 7) is 3.59. The molecule has 0 radical (unpaired) electrons. The normalized spacial score (nSPS) is 11.2. The molecule has 0 fully saturated rings. The highest BCUT2D eigenvalue weighted by Crippen LogP contribution is 2.03. The van der Waals surface area contributed by atoms with Gasteiger partial charge in [0.25, 0.3) is 0 Å². The maximum Gasteiger partial charge on any atom is 0.302 e. The smallest absolute Gasteiger partial charge is 0.302 e. The van der Waals surface area contributed by atoms with E-state index in [-0.39, 0.29) is 5.97 Å². The highest BCUT2D eigenvalue weighted by atomic mass is 79.9. The SMILES string of the molecule is C/C=C(\Br)COC(C)=O. The second-order valence-corrected chi connectivity index (χ2v) is 2.53. The Balaban J connectivity index is 3.39. The molecule has 0 saturated carbocycles. The summed E-state index contributed by atoms with van der Waals surface area (Å²) < 4.78 is 5.53. The van der Waals surface area contributed by atoms with Gasteiger partial charge in [-0.05, 0) is 6.92 Å². The molecule has 0 rings (SSSR count). The number of halogens is 1. The number of rotatable bonds is 2.